The van der Waals surface area contributed by atoms with Crippen molar-refractivity contribution < 1.29 is 38.8 Å². The molecule has 4 atom stereocenters. The molecular formula is C44H45BCl4N6O8. The predicted molar refractivity (Wildman–Crippen MR) is 241 cm³/mol. The van der Waals surface area contributed by atoms with Crippen LogP contribution in [0.2, 0.25) is 20.1 Å². The summed E-state index contributed by atoms with van der Waals surface area (Å²) in [6.07, 6.45) is -0.116. The molecule has 0 unspecified atom stereocenters. The molecule has 3 amide bonds. The zero-order valence-corrected chi connectivity index (χ0v) is 37.3. The minimum absolute atomic E-state index is 0.00636. The summed E-state index contributed by atoms with van der Waals surface area (Å²) >= 11 is 24.3. The third-order valence-corrected chi connectivity index (χ3v) is 11.5. The van der Waals surface area contributed by atoms with Gasteiger partial charge in [0.05, 0.1) is 62.0 Å². The molecule has 2 aliphatic heterocycles. The van der Waals surface area contributed by atoms with Crippen LogP contribution in [0, 0.1) is 34.5 Å². The van der Waals surface area contributed by atoms with Crippen molar-refractivity contribution in [2.75, 3.05) is 39.4 Å². The van der Waals surface area contributed by atoms with Crippen LogP contribution in [0.3, 0.4) is 0 Å². The number of para-hydroxylation sites is 2. The number of carboxylic acid groups (broad SMARTS) is 1. The van der Waals surface area contributed by atoms with Gasteiger partial charge in [-0.3, -0.25) is 19.2 Å². The van der Waals surface area contributed by atoms with Crippen LogP contribution in [0.25, 0.3) is 0 Å². The van der Waals surface area contributed by atoms with Gasteiger partial charge in [-0.15, -0.1) is 0 Å². The summed E-state index contributed by atoms with van der Waals surface area (Å²) in [4.78, 5) is 53.2. The van der Waals surface area contributed by atoms with Gasteiger partial charge >= 0.3 is 13.5 Å². The Morgan fingerprint density at radius 1 is 0.778 bits per heavy atom. The predicted octanol–water partition coefficient (Wildman–Crippen LogP) is 6.79. The molecule has 0 aromatic heterocycles. The Kier molecular flexibility index (Phi) is 18.3. The van der Waals surface area contributed by atoms with E-state index < -0.39 is 25.4 Å². The maximum atomic E-state index is 13.4. The Morgan fingerprint density at radius 3 is 1.52 bits per heavy atom. The van der Waals surface area contributed by atoms with E-state index in [0.717, 1.165) is 5.56 Å². The molecule has 6 N–H and O–H groups in total. The molecule has 2 aliphatic rings. The summed E-state index contributed by atoms with van der Waals surface area (Å²) in [5.41, 5.74) is 12.5. The summed E-state index contributed by atoms with van der Waals surface area (Å²) < 4.78 is 17.5. The van der Waals surface area contributed by atoms with Gasteiger partial charge in [0.2, 0.25) is 5.91 Å². The molecule has 0 fully saturated rings. The molecule has 0 saturated carbocycles. The van der Waals surface area contributed by atoms with Crippen LogP contribution in [0.5, 0.6) is 11.5 Å². The number of halogens is 4. The Bertz CT molecular complexity index is 2270. The van der Waals surface area contributed by atoms with Gasteiger partial charge in [-0.2, -0.15) is 10.5 Å². The highest BCUT2D eigenvalue weighted by molar-refractivity contribution is 6.42. The van der Waals surface area contributed by atoms with Gasteiger partial charge < -0.3 is 40.8 Å². The highest BCUT2D eigenvalue weighted by atomic mass is 35.5. The quantitative estimate of drug-likeness (QED) is 0.121. The summed E-state index contributed by atoms with van der Waals surface area (Å²) in [5, 5.41) is 37.2. The first-order valence-corrected chi connectivity index (χ1v) is 21.0. The van der Waals surface area contributed by atoms with E-state index in [1.54, 1.807) is 82.6 Å². The van der Waals surface area contributed by atoms with Crippen LogP contribution in [-0.4, -0.2) is 91.9 Å². The number of ether oxygens (including phenoxy) is 2. The van der Waals surface area contributed by atoms with Crippen LogP contribution in [0.1, 0.15) is 81.5 Å². The summed E-state index contributed by atoms with van der Waals surface area (Å²) in [6, 6.07) is 24.0. The zero-order valence-electron chi connectivity index (χ0n) is 35.3. The summed E-state index contributed by atoms with van der Waals surface area (Å²) in [7, 11) is -1.42. The van der Waals surface area contributed by atoms with Crippen molar-refractivity contribution in [1.29, 1.82) is 11.9 Å². The highest BCUT2D eigenvalue weighted by Crippen LogP contribution is 2.34. The van der Waals surface area contributed by atoms with E-state index in [4.69, 9.17) is 68.0 Å². The van der Waals surface area contributed by atoms with Gasteiger partial charge in [-0.1, -0.05) is 84.5 Å². The van der Waals surface area contributed by atoms with E-state index in [1.807, 2.05) is 13.8 Å². The summed E-state index contributed by atoms with van der Waals surface area (Å²) in [5.74, 6) is -2.26. The lowest BCUT2D eigenvalue weighted by molar-refractivity contribution is -0.137. The van der Waals surface area contributed by atoms with Gasteiger partial charge in [0.1, 0.15) is 23.6 Å². The molecule has 0 aliphatic carbocycles. The number of fused-ring (bicyclic) bond motifs is 2. The fourth-order valence-electron chi connectivity index (χ4n) is 7.12. The molecule has 0 spiro atoms. The van der Waals surface area contributed by atoms with Crippen LogP contribution in [0.15, 0.2) is 72.8 Å². The van der Waals surface area contributed by atoms with E-state index in [0.29, 0.717) is 80.0 Å². The van der Waals surface area contributed by atoms with Gasteiger partial charge in [0.25, 0.3) is 11.8 Å². The molecule has 4 aromatic rings. The normalized spacial score (nSPS) is 16.8. The molecule has 4 aromatic carbocycles. The largest absolute Gasteiger partial charge is 0.491 e. The molecule has 14 nitrogen and oxygen atoms in total. The standard InChI is InChI=1S/C22H21Cl2N3O3.C22H20Cl2N2O4.BH4NO/c1-13-10-27(22(29)17-4-2-3-15(9-25)21(17)30-12-13)11-16(8-20(26)28)14-5-6-18(23)19(24)7-14;1-13-10-26(22(29)17-4-2-3-15(9-25)21(17)30-12-13)11-16(8-20(27)28)14-5-6-18(23)19(24)7-14;2-1-3/h2-7,13,16H,8,10-12H2,1H3,(H2,26,28);2-7,13,16H,8,10-12H2,1H3,(H,27,28);1,3H,2H2/t2*13-,16-;/m11./s1/i;;1T. The number of amides is 3. The molecule has 0 radical (unpaired) electrons. The lowest BCUT2D eigenvalue weighted by Gasteiger charge is -2.32. The van der Waals surface area contributed by atoms with Crippen LogP contribution >= 0.6 is 46.4 Å². The second kappa shape index (κ2) is 23.8. The van der Waals surface area contributed by atoms with E-state index >= 15 is 0 Å². The molecule has 0 bridgehead atoms. The maximum Gasteiger partial charge on any atom is 0.355 e. The molecule has 330 valence electrons. The molecule has 63 heavy (non-hydrogen) atoms. The van der Waals surface area contributed by atoms with Gasteiger partial charge in [0.15, 0.2) is 0 Å². The van der Waals surface area contributed by atoms with Crippen molar-refractivity contribution in [3.63, 3.8) is 0 Å². The molecule has 2 heterocycles. The number of carbonyl (C=O) groups excluding carboxylic acids is 3. The monoisotopic (exact) mass is 938 g/mol. The van der Waals surface area contributed by atoms with Crippen molar-refractivity contribution in [1.82, 2.24) is 9.80 Å². The zero-order chi connectivity index (χ0) is 47.2. The first-order valence-electron chi connectivity index (χ1n) is 20.1. The third-order valence-electron chi connectivity index (χ3n) is 9.97. The van der Waals surface area contributed by atoms with Crippen LogP contribution in [-0.2, 0) is 9.59 Å². The molecular weight excluding hydrogens is 893 g/mol. The Balaban J connectivity index is 0.000000259. The smallest absolute Gasteiger partial charge is 0.355 e. The van der Waals surface area contributed by atoms with Crippen LogP contribution in [0.4, 0.5) is 0 Å². The number of carbonyl (C=O) groups is 4. The van der Waals surface area contributed by atoms with Gasteiger partial charge in [-0.05, 0) is 59.7 Å². The SMILES string of the molecule is C[C@H]1COc2c(C#N)cccc2C(=O)N(C[C@@H](CC(=O)O)c2ccc(Cl)c(Cl)c2)C1.C[C@H]1COc2c(C#N)cccc2C(=O)N(C[C@@H](CC(N)=O)c2ccc(Cl)c(Cl)c2)C1.[3H]B(N)O. The lowest BCUT2D eigenvalue weighted by Crippen LogP contribution is -2.41. The topological polar surface area (TPSA) is 233 Å². The highest BCUT2D eigenvalue weighted by Gasteiger charge is 2.31. The Morgan fingerprint density at radius 2 is 1.17 bits per heavy atom. The summed E-state index contributed by atoms with van der Waals surface area (Å²) in [6.45, 7) is 5.88. The fraction of sp³-hybridized carbons (Fsp3) is 0.318. The number of hydrogen-bond acceptors (Lipinski definition) is 10. The third kappa shape index (κ3) is 13.7. The molecule has 19 heteroatoms. The number of nitrogens with zero attached hydrogens (tertiary/aromatic N) is 4. The van der Waals surface area contributed by atoms with Crippen molar-refractivity contribution in [3.05, 3.63) is 126 Å². The number of benzene rings is 4. The number of hydrogen-bond donors (Lipinski definition) is 4. The molecule has 6 rings (SSSR count). The van der Waals surface area contributed by atoms with E-state index in [2.05, 4.69) is 17.8 Å². The average Bonchev–Trinajstić information content (AvgIpc) is 3.24. The second-order valence-corrected chi connectivity index (χ2v) is 16.6. The Hall–Kier alpha value is -5.52. The van der Waals surface area contributed by atoms with Crippen molar-refractivity contribution in [3.8, 4) is 23.6 Å². The molecule has 0 saturated heterocycles. The number of nitrogens with two attached hydrogens (primary N) is 2. The van der Waals surface area contributed by atoms with Crippen molar-refractivity contribution in [2.24, 2.45) is 23.2 Å². The van der Waals surface area contributed by atoms with Gasteiger partial charge in [0, 0.05) is 57.6 Å². The number of carboxylic acids is 1. The number of nitriles is 2. The average molecular weight is 941 g/mol. The Labute approximate surface area is 387 Å². The van der Waals surface area contributed by atoms with E-state index in [9.17, 15) is 34.8 Å². The number of primary amides is 1. The fourth-order valence-corrected chi connectivity index (χ4v) is 7.74. The van der Waals surface area contributed by atoms with E-state index in [-0.39, 0.29) is 61.2 Å². The van der Waals surface area contributed by atoms with E-state index in [1.165, 1.54) is 0 Å². The first kappa shape index (κ1) is 48.5. The van der Waals surface area contributed by atoms with Crippen molar-refractivity contribution >= 4 is 77.7 Å². The number of aliphatic carboxylic acids is 1. The minimum atomic E-state index is -1.42. The van der Waals surface area contributed by atoms with Crippen molar-refractivity contribution in [2.45, 2.75) is 38.5 Å². The maximum absolute atomic E-state index is 13.4. The number of rotatable bonds is 10. The minimum Gasteiger partial charge on any atom is -0.491 e. The van der Waals surface area contributed by atoms with Crippen LogP contribution < -0.4 is 20.9 Å². The first-order chi connectivity index (χ1) is 30.3. The second-order valence-electron chi connectivity index (χ2n) is 15.0. The van der Waals surface area contributed by atoms with Gasteiger partial charge in [-0.25, -0.2) is 0 Å². The lowest BCUT2D eigenvalue weighted by atomic mass is 9.93.